The van der Waals surface area contributed by atoms with E-state index in [1.165, 1.54) is 0 Å². The Bertz CT molecular complexity index is 1160. The van der Waals surface area contributed by atoms with Gasteiger partial charge in [-0.3, -0.25) is 19.6 Å². The normalized spacial score (nSPS) is 23.8. The summed E-state index contributed by atoms with van der Waals surface area (Å²) in [5.74, 6) is 1.44. The fourth-order valence-corrected chi connectivity index (χ4v) is 5.13. The van der Waals surface area contributed by atoms with Crippen LogP contribution in [0.4, 0.5) is 5.95 Å². The molecule has 33 heavy (non-hydrogen) atoms. The summed E-state index contributed by atoms with van der Waals surface area (Å²) in [6.45, 7) is 4.02. The molecular weight excluding hydrogens is 420 g/mol. The molecule has 170 valence electrons. The number of carbonyl (C=O) groups excluding carboxylic acids is 1. The van der Waals surface area contributed by atoms with Crippen molar-refractivity contribution >= 4 is 11.9 Å². The smallest absolute Gasteiger partial charge is 0.250 e. The molecule has 2 saturated heterocycles. The fraction of sp³-hybridized carbons (Fsp3) is 0.478. The number of aryl methyl sites for hydroxylation is 1. The maximum absolute atomic E-state index is 13.6. The van der Waals surface area contributed by atoms with Gasteiger partial charge in [0.25, 0.3) is 5.91 Å². The molecule has 3 fully saturated rings. The van der Waals surface area contributed by atoms with E-state index in [1.807, 2.05) is 25.4 Å². The van der Waals surface area contributed by atoms with E-state index in [0.29, 0.717) is 12.6 Å². The number of amides is 1. The number of anilines is 1. The van der Waals surface area contributed by atoms with Gasteiger partial charge in [-0.25, -0.2) is 14.7 Å². The van der Waals surface area contributed by atoms with Crippen molar-refractivity contribution in [3.63, 3.8) is 0 Å². The molecule has 1 amide bonds. The van der Waals surface area contributed by atoms with Crippen LogP contribution >= 0.6 is 0 Å². The Morgan fingerprint density at radius 2 is 2.06 bits per heavy atom. The highest BCUT2D eigenvalue weighted by atomic mass is 16.7. The van der Waals surface area contributed by atoms with Crippen LogP contribution in [-0.2, 0) is 9.63 Å². The van der Waals surface area contributed by atoms with Gasteiger partial charge >= 0.3 is 0 Å². The number of nitrogens with zero attached hydrogens (tertiary/aromatic N) is 8. The van der Waals surface area contributed by atoms with Crippen molar-refractivity contribution in [1.29, 1.82) is 0 Å². The van der Waals surface area contributed by atoms with Gasteiger partial charge in [0.1, 0.15) is 6.04 Å². The van der Waals surface area contributed by atoms with E-state index >= 15 is 0 Å². The van der Waals surface area contributed by atoms with Crippen LogP contribution in [0.2, 0.25) is 0 Å². The largest absolute Gasteiger partial charge is 0.340 e. The molecule has 0 N–H and O–H groups in total. The summed E-state index contributed by atoms with van der Waals surface area (Å²) >= 11 is 0. The topological polar surface area (TPSA) is 102 Å². The highest BCUT2D eigenvalue weighted by Crippen LogP contribution is 2.57. The molecule has 0 aromatic carbocycles. The molecule has 3 aromatic rings. The lowest BCUT2D eigenvalue weighted by molar-refractivity contribution is -0.185. The fourth-order valence-electron chi connectivity index (χ4n) is 5.13. The summed E-state index contributed by atoms with van der Waals surface area (Å²) in [6.07, 6.45) is 14.1. The molecule has 10 heteroatoms. The second-order valence-corrected chi connectivity index (χ2v) is 9.23. The van der Waals surface area contributed by atoms with Crippen molar-refractivity contribution in [3.8, 4) is 5.82 Å². The number of rotatable bonds is 4. The zero-order valence-corrected chi connectivity index (χ0v) is 18.5. The van der Waals surface area contributed by atoms with Gasteiger partial charge in [-0.2, -0.15) is 10.1 Å². The van der Waals surface area contributed by atoms with Crippen LogP contribution in [0.3, 0.4) is 0 Å². The third kappa shape index (κ3) is 3.64. The van der Waals surface area contributed by atoms with Crippen molar-refractivity contribution < 1.29 is 9.63 Å². The van der Waals surface area contributed by atoms with Gasteiger partial charge in [-0.1, -0.05) is 0 Å². The summed E-state index contributed by atoms with van der Waals surface area (Å²) in [5.41, 5.74) is 1.82. The van der Waals surface area contributed by atoms with Crippen LogP contribution < -0.4 is 4.90 Å². The number of aromatic nitrogens is 6. The van der Waals surface area contributed by atoms with E-state index in [-0.39, 0.29) is 23.3 Å². The molecule has 2 aliphatic heterocycles. The number of piperidine rings is 1. The molecule has 1 spiro atoms. The Kier molecular flexibility index (Phi) is 4.83. The number of carbonyl (C=O) groups is 1. The average Bonchev–Trinajstić information content (AvgIpc) is 3.24. The summed E-state index contributed by atoms with van der Waals surface area (Å²) in [5, 5.41) is 5.93. The first-order valence-corrected chi connectivity index (χ1v) is 11.4. The Hall–Kier alpha value is -3.40. The zero-order valence-electron chi connectivity index (χ0n) is 18.5. The third-order valence-corrected chi connectivity index (χ3v) is 7.03. The maximum Gasteiger partial charge on any atom is 0.250 e. The van der Waals surface area contributed by atoms with Gasteiger partial charge in [0.05, 0.1) is 24.7 Å². The molecule has 6 rings (SSSR count). The van der Waals surface area contributed by atoms with Crippen molar-refractivity contribution in [2.75, 3.05) is 24.6 Å². The number of hydrogen-bond acceptors (Lipinski definition) is 8. The van der Waals surface area contributed by atoms with Crippen molar-refractivity contribution in [2.45, 2.75) is 38.6 Å². The lowest BCUT2D eigenvalue weighted by Gasteiger charge is -2.40. The predicted octanol–water partition coefficient (Wildman–Crippen LogP) is 2.27. The van der Waals surface area contributed by atoms with E-state index in [1.54, 1.807) is 34.5 Å². The monoisotopic (exact) mass is 446 g/mol. The van der Waals surface area contributed by atoms with Crippen LogP contribution in [-0.4, -0.2) is 60.4 Å². The minimum Gasteiger partial charge on any atom is -0.340 e. The van der Waals surface area contributed by atoms with E-state index in [2.05, 4.69) is 25.0 Å². The van der Waals surface area contributed by atoms with Crippen molar-refractivity contribution in [3.05, 3.63) is 54.5 Å². The Labute approximate surface area is 191 Å². The molecule has 5 heterocycles. The summed E-state index contributed by atoms with van der Waals surface area (Å²) < 4.78 is 1.76. The SMILES string of the molecule is Cc1cnn(-c2ccnc(N3CC[C@@H](C(=O)N4OCC[C@H]4c4cnccn4)C4(CC4)C3)n2)c1. The lowest BCUT2D eigenvalue weighted by atomic mass is 9.81. The maximum atomic E-state index is 13.6. The highest BCUT2D eigenvalue weighted by Gasteiger charge is 2.57. The molecule has 3 aromatic heterocycles. The second kappa shape index (κ2) is 7.87. The molecule has 0 bridgehead atoms. The molecule has 0 radical (unpaired) electrons. The van der Waals surface area contributed by atoms with Crippen LogP contribution in [0.1, 0.15) is 43.0 Å². The molecule has 1 saturated carbocycles. The van der Waals surface area contributed by atoms with Gasteiger partial charge < -0.3 is 4.90 Å². The molecule has 3 aliphatic rings. The molecule has 0 unspecified atom stereocenters. The van der Waals surface area contributed by atoms with Crippen molar-refractivity contribution in [2.24, 2.45) is 11.3 Å². The van der Waals surface area contributed by atoms with Crippen molar-refractivity contribution in [1.82, 2.24) is 34.8 Å². The van der Waals surface area contributed by atoms with Crippen LogP contribution in [0.15, 0.2) is 43.2 Å². The van der Waals surface area contributed by atoms with Gasteiger partial charge in [0.15, 0.2) is 5.82 Å². The Balaban J connectivity index is 1.20. The molecule has 1 aliphatic carbocycles. The first kappa shape index (κ1) is 20.2. The van der Waals surface area contributed by atoms with Crippen LogP contribution in [0, 0.1) is 18.3 Å². The zero-order chi connectivity index (χ0) is 22.4. The van der Waals surface area contributed by atoms with E-state index < -0.39 is 0 Å². The average molecular weight is 447 g/mol. The summed E-state index contributed by atoms with van der Waals surface area (Å²) in [4.78, 5) is 39.5. The number of hydroxylamine groups is 2. The van der Waals surface area contributed by atoms with Crippen LogP contribution in [0.25, 0.3) is 5.82 Å². The predicted molar refractivity (Wildman–Crippen MR) is 118 cm³/mol. The molecular formula is C23H26N8O2. The van der Waals surface area contributed by atoms with E-state index in [4.69, 9.17) is 9.82 Å². The molecule has 2 atom stereocenters. The standard InChI is InChI=1S/C23H26N8O2/c1-16-12-27-30(14-16)20-2-7-26-22(28-20)29-10-3-17(23(15-29)5-6-23)21(32)31-19(4-11-33-31)18-13-24-8-9-25-18/h2,7-9,12-14,17,19H,3-6,10-11,15H2,1H3/t17-,19-/m0/s1. The van der Waals surface area contributed by atoms with Gasteiger partial charge in [0.2, 0.25) is 5.95 Å². The van der Waals surface area contributed by atoms with E-state index in [0.717, 1.165) is 55.8 Å². The number of hydrogen-bond donors (Lipinski definition) is 0. The summed E-state index contributed by atoms with van der Waals surface area (Å²) in [7, 11) is 0. The highest BCUT2D eigenvalue weighted by molar-refractivity contribution is 5.80. The van der Waals surface area contributed by atoms with Gasteiger partial charge in [0, 0.05) is 56.3 Å². The second-order valence-electron chi connectivity index (χ2n) is 9.23. The Morgan fingerprint density at radius 1 is 1.15 bits per heavy atom. The minimum absolute atomic E-state index is 0.0458. The third-order valence-electron chi connectivity index (χ3n) is 7.03. The first-order chi connectivity index (χ1) is 16.1. The van der Waals surface area contributed by atoms with Gasteiger partial charge in [-0.15, -0.1) is 0 Å². The Morgan fingerprint density at radius 3 is 2.82 bits per heavy atom. The molecule has 10 nitrogen and oxygen atoms in total. The van der Waals surface area contributed by atoms with Crippen LogP contribution in [0.5, 0.6) is 0 Å². The first-order valence-electron chi connectivity index (χ1n) is 11.4. The lowest BCUT2D eigenvalue weighted by Crippen LogP contribution is -2.49. The quantitative estimate of drug-likeness (QED) is 0.601. The minimum atomic E-state index is -0.169. The van der Waals surface area contributed by atoms with E-state index in [9.17, 15) is 4.79 Å². The van der Waals surface area contributed by atoms with Gasteiger partial charge in [-0.05, 0) is 37.2 Å². The summed E-state index contributed by atoms with van der Waals surface area (Å²) in [6, 6.07) is 1.69.